The van der Waals surface area contributed by atoms with Gasteiger partial charge in [-0.15, -0.1) is 4.91 Å². The molecule has 0 N–H and O–H groups in total. The van der Waals surface area contributed by atoms with Gasteiger partial charge < -0.3 is 0 Å². The fourth-order valence-corrected chi connectivity index (χ4v) is 0.969. The van der Waals surface area contributed by atoms with Crippen LogP contribution in [0.3, 0.4) is 0 Å². The molecule has 11 heavy (non-hydrogen) atoms. The Labute approximate surface area is 68.7 Å². The van der Waals surface area contributed by atoms with Crippen molar-refractivity contribution in [1.29, 1.82) is 0 Å². The second-order valence-corrected chi connectivity index (χ2v) is 2.98. The lowest BCUT2D eigenvalue weighted by Gasteiger charge is -2.27. The Morgan fingerprint density at radius 2 is 1.55 bits per heavy atom. The minimum atomic E-state index is 0.266. The average molecular weight is 158 g/mol. The molecule has 0 heterocycles. The molecule has 0 aromatic heterocycles. The molecule has 0 aromatic rings. The number of nitrogens with zero attached hydrogens (tertiary/aromatic N) is 2. The summed E-state index contributed by atoms with van der Waals surface area (Å²) in [7, 11) is 0. The van der Waals surface area contributed by atoms with Crippen molar-refractivity contribution in [2.75, 3.05) is 0 Å². The van der Waals surface area contributed by atoms with Gasteiger partial charge in [-0.25, -0.2) is 0 Å². The summed E-state index contributed by atoms with van der Waals surface area (Å²) in [6.07, 6.45) is 1.94. The zero-order valence-electron chi connectivity index (χ0n) is 7.87. The molecule has 0 bridgehead atoms. The lowest BCUT2D eigenvalue weighted by Crippen LogP contribution is -2.34. The molecule has 0 aliphatic rings. The second kappa shape index (κ2) is 5.10. The molecule has 0 fully saturated rings. The molecule has 3 nitrogen and oxygen atoms in total. The van der Waals surface area contributed by atoms with Crippen LogP contribution in [0.25, 0.3) is 0 Å². The quantitative estimate of drug-likeness (QED) is 0.455. The van der Waals surface area contributed by atoms with Crippen LogP contribution in [0.15, 0.2) is 5.29 Å². The molecule has 66 valence electrons. The molecule has 0 aliphatic carbocycles. The Morgan fingerprint density at radius 1 is 1.18 bits per heavy atom. The van der Waals surface area contributed by atoms with Crippen molar-refractivity contribution < 1.29 is 0 Å². The first-order chi connectivity index (χ1) is 5.17. The van der Waals surface area contributed by atoms with Crippen molar-refractivity contribution in [3.8, 4) is 0 Å². The predicted molar refractivity (Wildman–Crippen MR) is 47.1 cm³/mol. The van der Waals surface area contributed by atoms with Gasteiger partial charge in [-0.3, -0.25) is 5.01 Å². The highest BCUT2D eigenvalue weighted by Crippen LogP contribution is 2.10. The monoisotopic (exact) mass is 158 g/mol. The lowest BCUT2D eigenvalue weighted by atomic mass is 10.2. The summed E-state index contributed by atoms with van der Waals surface area (Å²) in [5.41, 5.74) is 0. The van der Waals surface area contributed by atoms with Crippen LogP contribution in [0.5, 0.6) is 0 Å². The van der Waals surface area contributed by atoms with Crippen LogP contribution in [0.2, 0.25) is 0 Å². The van der Waals surface area contributed by atoms with Gasteiger partial charge in [0.15, 0.2) is 0 Å². The van der Waals surface area contributed by atoms with Gasteiger partial charge in [0.1, 0.15) is 0 Å². The smallest absolute Gasteiger partial charge is 0.0529 e. The summed E-state index contributed by atoms with van der Waals surface area (Å²) in [5.74, 6) is 0. The summed E-state index contributed by atoms with van der Waals surface area (Å²) in [4.78, 5) is 10.4. The maximum atomic E-state index is 10.4. The van der Waals surface area contributed by atoms with Gasteiger partial charge in [0.25, 0.3) is 0 Å². The third-order valence-corrected chi connectivity index (χ3v) is 2.18. The summed E-state index contributed by atoms with van der Waals surface area (Å²) in [6, 6.07) is 0.532. The van der Waals surface area contributed by atoms with Crippen LogP contribution in [0.4, 0.5) is 0 Å². The third-order valence-electron chi connectivity index (χ3n) is 2.18. The van der Waals surface area contributed by atoms with Crippen molar-refractivity contribution in [1.82, 2.24) is 5.01 Å². The van der Waals surface area contributed by atoms with E-state index in [1.807, 2.05) is 13.8 Å². The van der Waals surface area contributed by atoms with Gasteiger partial charge in [-0.05, 0) is 26.7 Å². The molecule has 0 radical (unpaired) electrons. The molecular weight excluding hydrogens is 140 g/mol. The van der Waals surface area contributed by atoms with Crippen LogP contribution in [-0.4, -0.2) is 17.1 Å². The van der Waals surface area contributed by atoms with E-state index in [-0.39, 0.29) is 12.1 Å². The predicted octanol–water partition coefficient (Wildman–Crippen LogP) is 2.57. The maximum Gasteiger partial charge on any atom is 0.0529 e. The van der Waals surface area contributed by atoms with Crippen LogP contribution in [0, 0.1) is 4.91 Å². The van der Waals surface area contributed by atoms with Gasteiger partial charge in [-0.2, -0.15) is 0 Å². The fraction of sp³-hybridized carbons (Fsp3) is 1.00. The highest BCUT2D eigenvalue weighted by molar-refractivity contribution is 4.67. The Bertz CT molecular complexity index is 107. The summed E-state index contributed by atoms with van der Waals surface area (Å²) >= 11 is 0. The van der Waals surface area contributed by atoms with Crippen LogP contribution in [-0.2, 0) is 0 Å². The Balaban J connectivity index is 4.03. The lowest BCUT2D eigenvalue weighted by molar-refractivity contribution is 0.150. The third kappa shape index (κ3) is 2.87. The van der Waals surface area contributed by atoms with Crippen molar-refractivity contribution in [2.24, 2.45) is 5.29 Å². The van der Waals surface area contributed by atoms with E-state index in [4.69, 9.17) is 0 Å². The molecule has 0 aromatic carbocycles. The van der Waals surface area contributed by atoms with E-state index in [9.17, 15) is 4.91 Å². The van der Waals surface area contributed by atoms with E-state index < -0.39 is 0 Å². The van der Waals surface area contributed by atoms with Gasteiger partial charge in [0.05, 0.1) is 5.29 Å². The topological polar surface area (TPSA) is 32.7 Å². The zero-order chi connectivity index (χ0) is 8.85. The maximum absolute atomic E-state index is 10.4. The number of hydrogen-bond donors (Lipinski definition) is 0. The Morgan fingerprint density at radius 3 is 1.73 bits per heavy atom. The molecule has 0 saturated carbocycles. The first kappa shape index (κ1) is 10.4. The van der Waals surface area contributed by atoms with Crippen molar-refractivity contribution in [3.63, 3.8) is 0 Å². The van der Waals surface area contributed by atoms with Gasteiger partial charge in [-0.1, -0.05) is 13.8 Å². The Kier molecular flexibility index (Phi) is 4.83. The van der Waals surface area contributed by atoms with E-state index in [2.05, 4.69) is 19.1 Å². The van der Waals surface area contributed by atoms with Gasteiger partial charge in [0, 0.05) is 12.1 Å². The van der Waals surface area contributed by atoms with Crippen LogP contribution < -0.4 is 0 Å². The Hall–Kier alpha value is -0.600. The van der Waals surface area contributed by atoms with E-state index >= 15 is 0 Å². The SMILES string of the molecule is CC[C@@H](C)N(N=O)[C@H](C)CC. The van der Waals surface area contributed by atoms with E-state index in [0.29, 0.717) is 0 Å². The number of hydrogen-bond acceptors (Lipinski definition) is 2. The van der Waals surface area contributed by atoms with Gasteiger partial charge in [0.2, 0.25) is 0 Å². The number of rotatable bonds is 5. The molecule has 0 aliphatic heterocycles. The molecule has 3 heteroatoms. The summed E-state index contributed by atoms with van der Waals surface area (Å²) < 4.78 is 0. The van der Waals surface area contributed by atoms with Crippen molar-refractivity contribution >= 4 is 0 Å². The van der Waals surface area contributed by atoms with E-state index in [1.54, 1.807) is 5.01 Å². The minimum Gasteiger partial charge on any atom is -0.255 e. The zero-order valence-corrected chi connectivity index (χ0v) is 7.87. The first-order valence-electron chi connectivity index (χ1n) is 4.28. The largest absolute Gasteiger partial charge is 0.255 e. The molecule has 0 rings (SSSR count). The van der Waals surface area contributed by atoms with Crippen molar-refractivity contribution in [3.05, 3.63) is 4.91 Å². The molecule has 0 unspecified atom stereocenters. The molecular formula is C8H18N2O. The normalized spacial score (nSPS) is 15.6. The number of nitroso groups, excluding NO2 is 1. The van der Waals surface area contributed by atoms with E-state index in [0.717, 1.165) is 12.8 Å². The molecule has 0 spiro atoms. The fourth-order valence-electron chi connectivity index (χ4n) is 0.969. The van der Waals surface area contributed by atoms with Crippen molar-refractivity contribution in [2.45, 2.75) is 52.6 Å². The van der Waals surface area contributed by atoms with Crippen LogP contribution >= 0.6 is 0 Å². The van der Waals surface area contributed by atoms with E-state index in [1.165, 1.54) is 0 Å². The highest BCUT2D eigenvalue weighted by atomic mass is 16.3. The van der Waals surface area contributed by atoms with Crippen LogP contribution in [0.1, 0.15) is 40.5 Å². The second-order valence-electron chi connectivity index (χ2n) is 2.98. The standard InChI is InChI=1S/C8H18N2O/c1-5-7(3)10(9-11)8(4)6-2/h7-8H,5-6H2,1-4H3/t7-,8-/m1/s1. The first-order valence-corrected chi connectivity index (χ1v) is 4.28. The molecule has 0 saturated heterocycles. The molecule has 2 atom stereocenters. The minimum absolute atomic E-state index is 0.266. The summed E-state index contributed by atoms with van der Waals surface area (Å²) in [5, 5.41) is 4.65. The molecule has 0 amide bonds. The summed E-state index contributed by atoms with van der Waals surface area (Å²) in [6.45, 7) is 8.16. The van der Waals surface area contributed by atoms with Gasteiger partial charge >= 0.3 is 0 Å². The average Bonchev–Trinajstić information content (AvgIpc) is 2.05. The highest BCUT2D eigenvalue weighted by Gasteiger charge is 2.15.